The second-order valence-corrected chi connectivity index (χ2v) is 12.4. The molecule has 3 aromatic carbocycles. The molecule has 0 bridgehead atoms. The number of ether oxygens (including phenoxy) is 1. The highest BCUT2D eigenvalue weighted by Gasteiger charge is 2.33. The first-order chi connectivity index (χ1) is 20.6. The predicted octanol–water partition coefficient (Wildman–Crippen LogP) is 5.43. The zero-order valence-electron chi connectivity index (χ0n) is 24.3. The Balaban J connectivity index is 1.67. The Hall–Kier alpha value is -3.99. The molecule has 4 rings (SSSR count). The predicted molar refractivity (Wildman–Crippen MR) is 160 cm³/mol. The Morgan fingerprint density at radius 1 is 0.953 bits per heavy atom. The van der Waals surface area contributed by atoms with E-state index < -0.39 is 46.1 Å². The van der Waals surface area contributed by atoms with E-state index in [1.54, 1.807) is 19.9 Å². The lowest BCUT2D eigenvalue weighted by atomic mass is 9.95. The number of benzene rings is 3. The van der Waals surface area contributed by atoms with Crippen LogP contribution in [0.3, 0.4) is 0 Å². The van der Waals surface area contributed by atoms with E-state index in [0.29, 0.717) is 12.4 Å². The maximum atomic E-state index is 14.7. The van der Waals surface area contributed by atoms with Crippen LogP contribution in [0.25, 0.3) is 0 Å². The first-order valence-electron chi connectivity index (χ1n) is 14.4. The van der Waals surface area contributed by atoms with Crippen molar-refractivity contribution in [2.24, 2.45) is 0 Å². The van der Waals surface area contributed by atoms with Crippen molar-refractivity contribution in [2.75, 3.05) is 17.5 Å². The lowest BCUT2D eigenvalue weighted by Crippen LogP contribution is -2.53. The van der Waals surface area contributed by atoms with Gasteiger partial charge in [-0.3, -0.25) is 13.9 Å². The number of anilines is 1. The maximum absolute atomic E-state index is 14.7. The molecule has 1 atom stereocenters. The number of hydrogen-bond donors (Lipinski definition) is 1. The number of amides is 2. The molecule has 0 heterocycles. The van der Waals surface area contributed by atoms with Gasteiger partial charge in [-0.05, 0) is 81.3 Å². The lowest BCUT2D eigenvalue weighted by Gasteiger charge is -2.33. The van der Waals surface area contributed by atoms with Crippen molar-refractivity contribution < 1.29 is 31.5 Å². The van der Waals surface area contributed by atoms with Crippen LogP contribution in [-0.2, 0) is 26.2 Å². The molecule has 2 amide bonds. The number of nitrogens with zero attached hydrogens (tertiary/aromatic N) is 2. The van der Waals surface area contributed by atoms with Gasteiger partial charge in [-0.2, -0.15) is 0 Å². The summed E-state index contributed by atoms with van der Waals surface area (Å²) in [6.45, 7) is 2.77. The first-order valence-corrected chi connectivity index (χ1v) is 15.9. The van der Waals surface area contributed by atoms with Crippen LogP contribution in [0.2, 0.25) is 0 Å². The second kappa shape index (κ2) is 14.5. The number of halogens is 2. The summed E-state index contributed by atoms with van der Waals surface area (Å²) in [6, 6.07) is 15.3. The molecule has 43 heavy (non-hydrogen) atoms. The van der Waals surface area contributed by atoms with Gasteiger partial charge < -0.3 is 15.0 Å². The van der Waals surface area contributed by atoms with E-state index in [1.807, 2.05) is 0 Å². The van der Waals surface area contributed by atoms with E-state index in [4.69, 9.17) is 4.74 Å². The molecule has 0 radical (unpaired) electrons. The molecule has 3 aromatic rings. The fourth-order valence-electron chi connectivity index (χ4n) is 5.10. The highest BCUT2D eigenvalue weighted by atomic mass is 32.2. The van der Waals surface area contributed by atoms with Crippen molar-refractivity contribution in [1.82, 2.24) is 10.2 Å². The molecule has 1 saturated carbocycles. The van der Waals surface area contributed by atoms with Gasteiger partial charge in [0, 0.05) is 18.2 Å². The van der Waals surface area contributed by atoms with Gasteiger partial charge in [0.1, 0.15) is 30.0 Å². The number of carbonyl (C=O) groups excluding carboxylic acids is 2. The summed E-state index contributed by atoms with van der Waals surface area (Å²) < 4.78 is 62.6. The highest BCUT2D eigenvalue weighted by molar-refractivity contribution is 7.92. The van der Waals surface area contributed by atoms with Crippen molar-refractivity contribution in [3.8, 4) is 5.75 Å². The highest BCUT2D eigenvalue weighted by Crippen LogP contribution is 2.27. The van der Waals surface area contributed by atoms with Crippen molar-refractivity contribution in [3.63, 3.8) is 0 Å². The van der Waals surface area contributed by atoms with Crippen molar-refractivity contribution >= 4 is 27.5 Å². The molecule has 0 aliphatic heterocycles. The van der Waals surface area contributed by atoms with E-state index in [0.717, 1.165) is 48.5 Å². The van der Waals surface area contributed by atoms with Gasteiger partial charge in [-0.15, -0.1) is 0 Å². The fraction of sp³-hybridized carbons (Fsp3) is 0.375. The van der Waals surface area contributed by atoms with Crippen molar-refractivity contribution in [1.29, 1.82) is 0 Å². The Labute approximate surface area is 251 Å². The molecular formula is C32H37F2N3O5S. The Morgan fingerprint density at radius 2 is 1.60 bits per heavy atom. The molecule has 0 aromatic heterocycles. The average Bonchev–Trinajstić information content (AvgIpc) is 3.00. The molecule has 0 saturated heterocycles. The Kier molecular flexibility index (Phi) is 10.7. The number of hydrogen-bond acceptors (Lipinski definition) is 5. The Bertz CT molecular complexity index is 1490. The number of carbonyl (C=O) groups is 2. The van der Waals surface area contributed by atoms with Crippen LogP contribution in [0.4, 0.5) is 14.5 Å². The monoisotopic (exact) mass is 613 g/mol. The third-order valence-corrected chi connectivity index (χ3v) is 9.32. The first kappa shape index (κ1) is 31.9. The van der Waals surface area contributed by atoms with Crippen LogP contribution in [-0.4, -0.2) is 50.4 Å². The average molecular weight is 614 g/mol. The molecule has 230 valence electrons. The van der Waals surface area contributed by atoms with Crippen LogP contribution in [0, 0.1) is 11.6 Å². The van der Waals surface area contributed by atoms with Gasteiger partial charge >= 0.3 is 0 Å². The smallest absolute Gasteiger partial charge is 0.264 e. The minimum atomic E-state index is -4.34. The zero-order valence-corrected chi connectivity index (χ0v) is 25.2. The van der Waals surface area contributed by atoms with E-state index >= 15 is 0 Å². The van der Waals surface area contributed by atoms with Crippen LogP contribution < -0.4 is 14.4 Å². The standard InChI is InChI=1S/C32H37F2N3O5S/c1-3-42-28-17-19-29(20-18-28)43(40,41)37(27-15-13-25(33)14-16-27)22-31(38)36(21-24-9-7-8-12-30(24)34)23(2)32(39)35-26-10-5-4-6-11-26/h7-9,12-20,23,26H,3-6,10-11,21-22H2,1-2H3,(H,35,39)/t23-/m1/s1. The minimum Gasteiger partial charge on any atom is -0.494 e. The van der Waals surface area contributed by atoms with E-state index in [2.05, 4.69) is 5.32 Å². The summed E-state index contributed by atoms with van der Waals surface area (Å²) >= 11 is 0. The SMILES string of the molecule is CCOc1ccc(S(=O)(=O)N(CC(=O)N(Cc2ccccc2F)[C@H](C)C(=O)NC2CCCCC2)c2ccc(F)cc2)cc1. The summed E-state index contributed by atoms with van der Waals surface area (Å²) in [6.07, 6.45) is 4.75. The molecule has 11 heteroatoms. The minimum absolute atomic E-state index is 0.0233. The summed E-state index contributed by atoms with van der Waals surface area (Å²) in [5, 5.41) is 3.01. The summed E-state index contributed by atoms with van der Waals surface area (Å²) in [5.74, 6) is -1.80. The molecular weight excluding hydrogens is 576 g/mol. The van der Waals surface area contributed by atoms with Crippen LogP contribution in [0.1, 0.15) is 51.5 Å². The van der Waals surface area contributed by atoms with Crippen molar-refractivity contribution in [2.45, 2.75) is 69.5 Å². The van der Waals surface area contributed by atoms with Crippen LogP contribution in [0.15, 0.2) is 77.7 Å². The van der Waals surface area contributed by atoms with Gasteiger partial charge in [0.15, 0.2) is 0 Å². The van der Waals surface area contributed by atoms with E-state index in [1.165, 1.54) is 59.5 Å². The number of sulfonamides is 1. The molecule has 0 unspecified atom stereocenters. The quantitative estimate of drug-likeness (QED) is 0.294. The third-order valence-electron chi connectivity index (χ3n) is 7.53. The third kappa shape index (κ3) is 8.10. The normalized spacial score (nSPS) is 14.5. The van der Waals surface area contributed by atoms with Gasteiger partial charge in [0.05, 0.1) is 17.2 Å². The maximum Gasteiger partial charge on any atom is 0.264 e. The van der Waals surface area contributed by atoms with Crippen molar-refractivity contribution in [3.05, 3.63) is 90.0 Å². The summed E-state index contributed by atoms with van der Waals surface area (Å²) in [4.78, 5) is 28.4. The molecule has 1 N–H and O–H groups in total. The van der Waals surface area contributed by atoms with Gasteiger partial charge in [-0.25, -0.2) is 17.2 Å². The molecule has 1 aliphatic rings. The second-order valence-electron chi connectivity index (χ2n) is 10.5. The molecule has 1 fully saturated rings. The molecule has 0 spiro atoms. The topological polar surface area (TPSA) is 96.0 Å². The number of nitrogens with one attached hydrogen (secondary N) is 1. The largest absolute Gasteiger partial charge is 0.494 e. The van der Waals surface area contributed by atoms with E-state index in [-0.39, 0.29) is 28.7 Å². The van der Waals surface area contributed by atoms with E-state index in [9.17, 15) is 26.8 Å². The zero-order chi connectivity index (χ0) is 31.0. The fourth-order valence-corrected chi connectivity index (χ4v) is 6.51. The Morgan fingerprint density at radius 3 is 2.23 bits per heavy atom. The van der Waals surface area contributed by atoms with Gasteiger partial charge in [-0.1, -0.05) is 37.5 Å². The summed E-state index contributed by atoms with van der Waals surface area (Å²) in [5.41, 5.74) is 0.227. The van der Waals surface area contributed by atoms with Crippen LogP contribution in [0.5, 0.6) is 5.75 Å². The molecule has 8 nitrogen and oxygen atoms in total. The summed E-state index contributed by atoms with van der Waals surface area (Å²) in [7, 11) is -4.34. The van der Waals surface area contributed by atoms with Gasteiger partial charge in [0.25, 0.3) is 10.0 Å². The van der Waals surface area contributed by atoms with Gasteiger partial charge in [0.2, 0.25) is 11.8 Å². The number of rotatable bonds is 12. The lowest BCUT2D eigenvalue weighted by molar-refractivity contribution is -0.139. The molecule has 1 aliphatic carbocycles. The van der Waals surface area contributed by atoms with Crippen LogP contribution >= 0.6 is 0 Å².